The molecule has 0 radical (unpaired) electrons. The summed E-state index contributed by atoms with van der Waals surface area (Å²) in [6.07, 6.45) is 3.09. The lowest BCUT2D eigenvalue weighted by atomic mass is 9.95. The van der Waals surface area contributed by atoms with E-state index in [1.807, 2.05) is 0 Å². The van der Waals surface area contributed by atoms with Gasteiger partial charge < -0.3 is 10.0 Å². The Labute approximate surface area is 146 Å². The molecule has 1 atom stereocenters. The zero-order valence-corrected chi connectivity index (χ0v) is 15.0. The van der Waals surface area contributed by atoms with E-state index in [9.17, 15) is 23.1 Å². The third-order valence-corrected chi connectivity index (χ3v) is 4.93. The van der Waals surface area contributed by atoms with Crippen LogP contribution in [0.4, 0.5) is 0 Å². The molecule has 1 amide bonds. The van der Waals surface area contributed by atoms with Gasteiger partial charge in [0.2, 0.25) is 15.9 Å². The molecular formula is C15H24N4O5S. The van der Waals surface area contributed by atoms with E-state index in [0.29, 0.717) is 44.5 Å². The number of carbonyl (C=O) groups excluding carboxylic acids is 1. The molecule has 2 rings (SSSR count). The molecule has 1 aliphatic rings. The number of hydrogen-bond donors (Lipinski definition) is 3. The highest BCUT2D eigenvalue weighted by Gasteiger charge is 2.32. The molecule has 0 aromatic carbocycles. The third kappa shape index (κ3) is 6.56. The van der Waals surface area contributed by atoms with Crippen LogP contribution in [0.25, 0.3) is 0 Å². The number of hydrogen-bond acceptors (Lipinski definition) is 6. The van der Waals surface area contributed by atoms with Crippen LogP contribution >= 0.6 is 0 Å². The molecule has 1 aromatic heterocycles. The number of sulfonamides is 1. The van der Waals surface area contributed by atoms with Gasteiger partial charge in [-0.2, -0.15) is 5.10 Å². The molecule has 0 saturated carbocycles. The molecule has 1 fully saturated rings. The number of aromatic nitrogens is 2. The molecule has 1 aromatic rings. The topological polar surface area (TPSA) is 132 Å². The zero-order valence-electron chi connectivity index (χ0n) is 14.2. The average molecular weight is 372 g/mol. The first-order valence-electron chi connectivity index (χ1n) is 8.16. The average Bonchev–Trinajstić information content (AvgIpc) is 2.74. The number of rotatable bonds is 6. The lowest BCUT2D eigenvalue weighted by molar-refractivity contribution is -0.131. The van der Waals surface area contributed by atoms with Crippen LogP contribution in [-0.2, 0) is 21.2 Å². The van der Waals surface area contributed by atoms with Gasteiger partial charge in [-0.1, -0.05) is 0 Å². The number of aliphatic hydroxyl groups is 1. The van der Waals surface area contributed by atoms with Crippen molar-refractivity contribution in [3.63, 3.8) is 0 Å². The first-order valence-corrected chi connectivity index (χ1v) is 10.1. The number of likely N-dealkylation sites (tertiary alicyclic amines) is 1. The van der Waals surface area contributed by atoms with Crippen molar-refractivity contribution >= 4 is 15.9 Å². The number of aromatic amines is 1. The van der Waals surface area contributed by atoms with Crippen molar-refractivity contribution < 1.29 is 18.3 Å². The van der Waals surface area contributed by atoms with E-state index in [2.05, 4.69) is 14.9 Å². The Balaban J connectivity index is 1.85. The summed E-state index contributed by atoms with van der Waals surface area (Å²) in [4.78, 5) is 25.0. The SMILES string of the molecule is CS(=O)(=O)NCC1(O)CCCN(C(=O)CCc2ccc(=O)[nH]n2)CC1. The zero-order chi connectivity index (χ0) is 18.5. The van der Waals surface area contributed by atoms with Gasteiger partial charge >= 0.3 is 0 Å². The van der Waals surface area contributed by atoms with Crippen molar-refractivity contribution in [3.8, 4) is 0 Å². The van der Waals surface area contributed by atoms with E-state index in [0.717, 1.165) is 6.26 Å². The molecule has 10 heteroatoms. The smallest absolute Gasteiger partial charge is 0.264 e. The van der Waals surface area contributed by atoms with Crippen molar-refractivity contribution in [2.45, 2.75) is 37.7 Å². The normalized spacial score (nSPS) is 21.8. The second kappa shape index (κ2) is 8.07. The molecule has 9 nitrogen and oxygen atoms in total. The number of amides is 1. The first kappa shape index (κ1) is 19.5. The number of carbonyl (C=O) groups is 1. The summed E-state index contributed by atoms with van der Waals surface area (Å²) in [5.41, 5.74) is -0.792. The summed E-state index contributed by atoms with van der Waals surface area (Å²) >= 11 is 0. The van der Waals surface area contributed by atoms with Gasteiger partial charge in [0.25, 0.3) is 5.56 Å². The number of nitrogens with one attached hydrogen (secondary N) is 2. The quantitative estimate of drug-likeness (QED) is 0.586. The van der Waals surface area contributed by atoms with Gasteiger partial charge in [-0.3, -0.25) is 9.59 Å². The highest BCUT2D eigenvalue weighted by atomic mass is 32.2. The van der Waals surface area contributed by atoms with Gasteiger partial charge in [-0.15, -0.1) is 0 Å². The second-order valence-electron chi connectivity index (χ2n) is 6.46. The van der Waals surface area contributed by atoms with E-state index in [1.165, 1.54) is 6.07 Å². The first-order chi connectivity index (χ1) is 11.7. The highest BCUT2D eigenvalue weighted by molar-refractivity contribution is 7.88. The maximum absolute atomic E-state index is 12.4. The fourth-order valence-corrected chi connectivity index (χ4v) is 3.31. The van der Waals surface area contributed by atoms with E-state index in [1.54, 1.807) is 11.0 Å². The Kier molecular flexibility index (Phi) is 6.31. The molecule has 0 bridgehead atoms. The second-order valence-corrected chi connectivity index (χ2v) is 8.30. The minimum absolute atomic E-state index is 0.0465. The van der Waals surface area contributed by atoms with Gasteiger partial charge in [0, 0.05) is 38.5 Å². The van der Waals surface area contributed by atoms with Crippen molar-refractivity contribution in [1.29, 1.82) is 0 Å². The predicted octanol–water partition coefficient (Wildman–Crippen LogP) is -1.00. The molecule has 0 spiro atoms. The fraction of sp³-hybridized carbons (Fsp3) is 0.667. The van der Waals surface area contributed by atoms with Crippen LogP contribution in [0, 0.1) is 0 Å². The van der Waals surface area contributed by atoms with Crippen LogP contribution in [-0.4, -0.2) is 66.0 Å². The van der Waals surface area contributed by atoms with Crippen LogP contribution < -0.4 is 10.3 Å². The summed E-state index contributed by atoms with van der Waals surface area (Å²) in [7, 11) is -3.37. The Morgan fingerprint density at radius 1 is 1.40 bits per heavy atom. The van der Waals surface area contributed by atoms with Crippen LogP contribution in [0.5, 0.6) is 0 Å². The number of aryl methyl sites for hydroxylation is 1. The maximum Gasteiger partial charge on any atom is 0.264 e. The van der Waals surface area contributed by atoms with Crippen molar-refractivity contribution in [3.05, 3.63) is 28.2 Å². The molecule has 140 valence electrons. The Bertz CT molecular complexity index is 743. The number of nitrogens with zero attached hydrogens (tertiary/aromatic N) is 2. The molecule has 1 aliphatic heterocycles. The summed E-state index contributed by atoms with van der Waals surface area (Å²) < 4.78 is 24.7. The predicted molar refractivity (Wildman–Crippen MR) is 91.4 cm³/mol. The maximum atomic E-state index is 12.4. The minimum atomic E-state index is -3.37. The number of H-pyrrole nitrogens is 1. The van der Waals surface area contributed by atoms with Crippen LogP contribution in [0.15, 0.2) is 16.9 Å². The lowest BCUT2D eigenvalue weighted by Crippen LogP contribution is -2.43. The van der Waals surface area contributed by atoms with Crippen molar-refractivity contribution in [2.75, 3.05) is 25.9 Å². The van der Waals surface area contributed by atoms with Gasteiger partial charge in [-0.05, 0) is 25.3 Å². The van der Waals surface area contributed by atoms with E-state index < -0.39 is 15.6 Å². The molecular weight excluding hydrogens is 348 g/mol. The Hall–Kier alpha value is -1.78. The van der Waals surface area contributed by atoms with Crippen molar-refractivity contribution in [2.24, 2.45) is 0 Å². The minimum Gasteiger partial charge on any atom is -0.388 e. The molecule has 1 saturated heterocycles. The highest BCUT2D eigenvalue weighted by Crippen LogP contribution is 2.22. The monoisotopic (exact) mass is 372 g/mol. The summed E-state index contributed by atoms with van der Waals surface area (Å²) in [5.74, 6) is -0.0478. The van der Waals surface area contributed by atoms with Crippen LogP contribution in [0.2, 0.25) is 0 Å². The molecule has 25 heavy (non-hydrogen) atoms. The molecule has 1 unspecified atom stereocenters. The fourth-order valence-electron chi connectivity index (χ4n) is 2.78. The Morgan fingerprint density at radius 2 is 2.16 bits per heavy atom. The van der Waals surface area contributed by atoms with E-state index in [4.69, 9.17) is 0 Å². The molecule has 0 aliphatic carbocycles. The summed E-state index contributed by atoms with van der Waals surface area (Å²) in [5, 5.41) is 16.7. The molecule has 3 N–H and O–H groups in total. The van der Waals surface area contributed by atoms with Crippen molar-refractivity contribution in [1.82, 2.24) is 19.8 Å². The van der Waals surface area contributed by atoms with Crippen LogP contribution in [0.1, 0.15) is 31.4 Å². The lowest BCUT2D eigenvalue weighted by Gasteiger charge is -2.26. The van der Waals surface area contributed by atoms with Gasteiger partial charge in [0.05, 0.1) is 17.6 Å². The van der Waals surface area contributed by atoms with E-state index in [-0.39, 0.29) is 24.4 Å². The van der Waals surface area contributed by atoms with Gasteiger partial charge in [-0.25, -0.2) is 18.2 Å². The molecule has 2 heterocycles. The van der Waals surface area contributed by atoms with Gasteiger partial charge in [0.15, 0.2) is 0 Å². The van der Waals surface area contributed by atoms with Gasteiger partial charge in [0.1, 0.15) is 0 Å². The Morgan fingerprint density at radius 3 is 2.80 bits per heavy atom. The standard InChI is InChI=1S/C15H24N4O5S/c1-25(23,24)16-11-15(22)7-2-9-19(10-8-15)14(21)6-4-12-3-5-13(20)18-17-12/h3,5,16,22H,2,4,6-11H2,1H3,(H,18,20). The summed E-state index contributed by atoms with van der Waals surface area (Å²) in [6.45, 7) is 0.855. The van der Waals surface area contributed by atoms with Crippen LogP contribution in [0.3, 0.4) is 0 Å². The van der Waals surface area contributed by atoms with E-state index >= 15 is 0 Å². The largest absolute Gasteiger partial charge is 0.388 e. The third-order valence-electron chi connectivity index (χ3n) is 4.27. The summed E-state index contributed by atoms with van der Waals surface area (Å²) in [6, 6.07) is 2.96.